The molecular weight excluding hydrogens is 663 g/mol. The molecule has 9 rings (SSSR count). The summed E-state index contributed by atoms with van der Waals surface area (Å²) < 4.78 is 31.1. The highest BCUT2D eigenvalue weighted by Crippen LogP contribution is 2.49. The van der Waals surface area contributed by atoms with E-state index in [1.165, 1.54) is 25.3 Å². The second kappa shape index (κ2) is 13.6. The van der Waals surface area contributed by atoms with Crippen LogP contribution in [-0.2, 0) is 4.79 Å². The van der Waals surface area contributed by atoms with Crippen LogP contribution in [0, 0.1) is 5.82 Å². The Morgan fingerprint density at radius 2 is 1.63 bits per heavy atom. The van der Waals surface area contributed by atoms with Gasteiger partial charge in [-0.15, -0.1) is 0 Å². The molecule has 4 aliphatic rings. The fourth-order valence-corrected chi connectivity index (χ4v) is 8.53. The van der Waals surface area contributed by atoms with Gasteiger partial charge in [-0.2, -0.15) is 0 Å². The van der Waals surface area contributed by atoms with Crippen LogP contribution in [0.5, 0.6) is 11.5 Å². The number of para-hydroxylation sites is 1. The van der Waals surface area contributed by atoms with Crippen LogP contribution in [0.3, 0.4) is 0 Å². The highest BCUT2D eigenvalue weighted by molar-refractivity contribution is 6.07. The molecule has 11 nitrogen and oxygen atoms in total. The van der Waals surface area contributed by atoms with E-state index in [4.69, 9.17) is 9.15 Å². The molecule has 2 amide bonds. The topological polar surface area (TPSA) is 112 Å². The third-order valence-electron chi connectivity index (χ3n) is 11.2. The van der Waals surface area contributed by atoms with Crippen molar-refractivity contribution in [1.82, 2.24) is 25.0 Å². The van der Waals surface area contributed by atoms with Gasteiger partial charge in [0.2, 0.25) is 11.3 Å². The van der Waals surface area contributed by atoms with Gasteiger partial charge >= 0.3 is 0 Å². The fourth-order valence-electron chi connectivity index (χ4n) is 8.53. The summed E-state index contributed by atoms with van der Waals surface area (Å²) in [4.78, 5) is 47.1. The van der Waals surface area contributed by atoms with Gasteiger partial charge < -0.3 is 39.1 Å². The van der Waals surface area contributed by atoms with E-state index in [1.807, 2.05) is 41.3 Å². The molecule has 2 N–H and O–H groups in total. The molecule has 270 valence electrons. The maximum Gasteiger partial charge on any atom is 0.256 e. The number of nitrogens with zero attached hydrogens (tertiary/aromatic N) is 4. The Morgan fingerprint density at radius 1 is 0.865 bits per heavy atom. The number of halogens is 1. The number of nitrogens with one attached hydrogen (secondary N) is 2. The standard InChI is InChI=1S/C40H43FN6O5/c41-30-20-28-36-39(37(30)46-18-10-25(23-46)43-35(48)11-17-44-13-4-1-5-14-44)52-34-21-27-26-8-2-3-9-32(26)51-33(27)22-31(34)47(36)24-29(38(28)49)40(50)42-12-19-45-15-6-7-16-45/h2-3,8-9,20-22,24-25H,1,4-7,10-19,23H2,(H,42,50)(H,43,48)/t25-/m1/s1. The lowest BCUT2D eigenvalue weighted by molar-refractivity contribution is -0.122. The second-order valence-electron chi connectivity index (χ2n) is 14.6. The van der Waals surface area contributed by atoms with Crippen molar-refractivity contribution in [2.45, 2.75) is 51.0 Å². The average molecular weight is 707 g/mol. The molecule has 0 radical (unpaired) electrons. The Labute approximate surface area is 300 Å². The van der Waals surface area contributed by atoms with Crippen molar-refractivity contribution in [3.05, 3.63) is 70.3 Å². The van der Waals surface area contributed by atoms with Crippen LogP contribution < -0.4 is 25.7 Å². The van der Waals surface area contributed by atoms with E-state index in [0.717, 1.165) is 56.3 Å². The number of furan rings is 1. The number of anilines is 1. The number of aromatic nitrogens is 1. The van der Waals surface area contributed by atoms with Crippen LogP contribution >= 0.6 is 0 Å². The molecule has 52 heavy (non-hydrogen) atoms. The van der Waals surface area contributed by atoms with Gasteiger partial charge in [-0.3, -0.25) is 14.4 Å². The minimum absolute atomic E-state index is 0.000598. The van der Waals surface area contributed by atoms with Crippen molar-refractivity contribution in [2.24, 2.45) is 0 Å². The van der Waals surface area contributed by atoms with Crippen LogP contribution in [0.2, 0.25) is 0 Å². The lowest BCUT2D eigenvalue weighted by Gasteiger charge is -2.29. The summed E-state index contributed by atoms with van der Waals surface area (Å²) in [5.41, 5.74) is 1.90. The van der Waals surface area contributed by atoms with Crippen LogP contribution in [0.1, 0.15) is 55.3 Å². The van der Waals surface area contributed by atoms with Crippen LogP contribution in [0.4, 0.5) is 10.1 Å². The number of ether oxygens (including phenoxy) is 1. The molecule has 0 bridgehead atoms. The van der Waals surface area contributed by atoms with E-state index < -0.39 is 17.2 Å². The lowest BCUT2D eigenvalue weighted by Crippen LogP contribution is -2.39. The first-order valence-electron chi connectivity index (χ1n) is 18.7. The van der Waals surface area contributed by atoms with E-state index in [0.29, 0.717) is 67.1 Å². The van der Waals surface area contributed by atoms with Crippen LogP contribution in [0.15, 0.2) is 57.9 Å². The molecule has 12 heteroatoms. The largest absolute Gasteiger partial charge is 0.456 e. The zero-order valence-corrected chi connectivity index (χ0v) is 29.2. The molecule has 4 aliphatic heterocycles. The van der Waals surface area contributed by atoms with Gasteiger partial charge in [-0.1, -0.05) is 24.6 Å². The Balaban J connectivity index is 1.07. The number of rotatable bonds is 9. The number of piperidine rings is 1. The Bertz CT molecular complexity index is 2270. The maximum atomic E-state index is 16.5. The smallest absolute Gasteiger partial charge is 0.256 e. The zero-order chi connectivity index (χ0) is 35.3. The molecule has 3 aromatic carbocycles. The number of carbonyl (C=O) groups is 2. The quantitative estimate of drug-likeness (QED) is 0.202. The summed E-state index contributed by atoms with van der Waals surface area (Å²) in [5.74, 6) is -0.458. The summed E-state index contributed by atoms with van der Waals surface area (Å²) in [5, 5.41) is 7.89. The van der Waals surface area contributed by atoms with Gasteiger partial charge in [0, 0.05) is 68.2 Å². The van der Waals surface area contributed by atoms with Crippen LogP contribution in [0.25, 0.3) is 38.5 Å². The second-order valence-corrected chi connectivity index (χ2v) is 14.6. The van der Waals surface area contributed by atoms with E-state index in [2.05, 4.69) is 20.4 Å². The molecule has 6 heterocycles. The predicted molar refractivity (Wildman–Crippen MR) is 199 cm³/mol. The summed E-state index contributed by atoms with van der Waals surface area (Å²) in [6.45, 7) is 6.81. The van der Waals surface area contributed by atoms with Gasteiger partial charge in [-0.05, 0) is 76.5 Å². The first-order chi connectivity index (χ1) is 25.4. The lowest BCUT2D eigenvalue weighted by atomic mass is 10.0. The first-order valence-corrected chi connectivity index (χ1v) is 18.7. The normalized spacial score (nSPS) is 19.0. The van der Waals surface area contributed by atoms with Crippen molar-refractivity contribution < 1.29 is 23.1 Å². The highest BCUT2D eigenvalue weighted by atomic mass is 19.1. The summed E-state index contributed by atoms with van der Waals surface area (Å²) in [6.07, 6.45) is 8.52. The molecule has 5 aromatic rings. The van der Waals surface area contributed by atoms with Gasteiger partial charge in [0.15, 0.2) is 17.3 Å². The Morgan fingerprint density at radius 3 is 2.46 bits per heavy atom. The summed E-state index contributed by atoms with van der Waals surface area (Å²) in [6, 6.07) is 12.5. The Hall–Kier alpha value is -4.94. The number of carbonyl (C=O) groups excluding carboxylic acids is 2. The molecule has 2 aromatic heterocycles. The number of hydrogen-bond acceptors (Lipinski definition) is 8. The van der Waals surface area contributed by atoms with E-state index in [-0.39, 0.29) is 34.3 Å². The van der Waals surface area contributed by atoms with E-state index in [1.54, 1.807) is 10.8 Å². The maximum absolute atomic E-state index is 16.5. The summed E-state index contributed by atoms with van der Waals surface area (Å²) in [7, 11) is 0. The number of benzene rings is 3. The molecule has 3 fully saturated rings. The third-order valence-corrected chi connectivity index (χ3v) is 11.2. The molecule has 1 atom stereocenters. The zero-order valence-electron chi connectivity index (χ0n) is 29.2. The van der Waals surface area contributed by atoms with Crippen molar-refractivity contribution in [1.29, 1.82) is 0 Å². The highest BCUT2D eigenvalue weighted by Gasteiger charge is 2.34. The molecule has 0 spiro atoms. The van der Waals surface area contributed by atoms with Gasteiger partial charge in [0.25, 0.3) is 5.91 Å². The van der Waals surface area contributed by atoms with Crippen molar-refractivity contribution in [3.8, 4) is 17.2 Å². The average Bonchev–Trinajstić information content (AvgIpc) is 3.92. The molecular formula is C40H43FN6O5. The molecule has 0 unspecified atom stereocenters. The van der Waals surface area contributed by atoms with Crippen molar-refractivity contribution >= 4 is 50.3 Å². The van der Waals surface area contributed by atoms with E-state index >= 15 is 4.39 Å². The monoisotopic (exact) mass is 706 g/mol. The molecule has 0 aliphatic carbocycles. The number of likely N-dealkylation sites (tertiary alicyclic amines) is 2. The van der Waals surface area contributed by atoms with Crippen molar-refractivity contribution in [2.75, 3.05) is 63.8 Å². The van der Waals surface area contributed by atoms with Crippen LogP contribution in [-0.4, -0.2) is 91.1 Å². The first kappa shape index (κ1) is 32.9. The molecule has 3 saturated heterocycles. The predicted octanol–water partition coefficient (Wildman–Crippen LogP) is 5.53. The van der Waals surface area contributed by atoms with Gasteiger partial charge in [0.05, 0.1) is 11.1 Å². The number of pyridine rings is 1. The minimum Gasteiger partial charge on any atom is -0.456 e. The van der Waals surface area contributed by atoms with Gasteiger partial charge in [0.1, 0.15) is 27.9 Å². The number of hydrogen-bond donors (Lipinski definition) is 2. The van der Waals surface area contributed by atoms with E-state index in [9.17, 15) is 14.4 Å². The third kappa shape index (κ3) is 5.97. The Kier molecular flexibility index (Phi) is 8.59. The summed E-state index contributed by atoms with van der Waals surface area (Å²) >= 11 is 0. The number of amides is 2. The SMILES string of the molecule is O=C(CCN1CCCCC1)N[C@@H]1CCN(c2c(F)cc3c(=O)c(C(=O)NCCN4CCCC4)cn4c3c2Oc2cc3c(cc2-4)oc2ccccc23)C1. The minimum atomic E-state index is -0.617. The molecule has 0 saturated carbocycles. The van der Waals surface area contributed by atoms with Gasteiger partial charge in [-0.25, -0.2) is 4.39 Å². The fraction of sp³-hybridized carbons (Fsp3) is 0.425. The number of fused-ring (bicyclic) bond motifs is 5. The van der Waals surface area contributed by atoms with Crippen molar-refractivity contribution in [3.63, 3.8) is 0 Å².